The van der Waals surface area contributed by atoms with Crippen molar-refractivity contribution < 1.29 is 22.8 Å². The largest absolute Gasteiger partial charge is 0.337 e. The molecule has 0 spiro atoms. The van der Waals surface area contributed by atoms with Crippen molar-refractivity contribution in [1.29, 1.82) is 0 Å². The summed E-state index contributed by atoms with van der Waals surface area (Å²) in [7, 11) is 0. The molecule has 2 unspecified atom stereocenters. The maximum absolute atomic E-state index is 14.3. The Balaban J connectivity index is 1.76. The molecule has 1 fully saturated rings. The number of amides is 2. The van der Waals surface area contributed by atoms with Crippen LogP contribution in [-0.2, 0) is 4.79 Å². The molecule has 3 rings (SSSR count). The molecule has 154 valence electrons. The van der Waals surface area contributed by atoms with Crippen LogP contribution in [0.2, 0.25) is 0 Å². The highest BCUT2D eigenvalue weighted by Gasteiger charge is 2.39. The van der Waals surface area contributed by atoms with Gasteiger partial charge in [0.05, 0.1) is 5.25 Å². The standard InChI is InChI=1S/C21H21F3N2O2S/c1-3-25(20(28)14-4-6-15(22)7-5-14)10-11-26-19(27)13(2)29-21(26)17-9-8-16(23)12-18(17)24/h4-9,12-13,21H,3,10-11H2,1-2H3. The summed E-state index contributed by atoms with van der Waals surface area (Å²) in [6, 6.07) is 8.58. The van der Waals surface area contributed by atoms with Gasteiger partial charge in [-0.2, -0.15) is 0 Å². The second-order valence-electron chi connectivity index (χ2n) is 6.72. The number of likely N-dealkylation sites (N-methyl/N-ethyl adjacent to an activating group) is 1. The molecule has 0 bridgehead atoms. The summed E-state index contributed by atoms with van der Waals surface area (Å²) in [5, 5.41) is -0.954. The molecule has 0 aromatic heterocycles. The topological polar surface area (TPSA) is 40.6 Å². The van der Waals surface area contributed by atoms with Crippen molar-refractivity contribution in [2.24, 2.45) is 0 Å². The first kappa shape index (κ1) is 21.2. The molecule has 0 saturated carbocycles. The van der Waals surface area contributed by atoms with E-state index in [1.807, 2.05) is 6.92 Å². The Morgan fingerprint density at radius 1 is 1.10 bits per heavy atom. The minimum absolute atomic E-state index is 0.158. The molecule has 2 amide bonds. The van der Waals surface area contributed by atoms with Gasteiger partial charge >= 0.3 is 0 Å². The fourth-order valence-electron chi connectivity index (χ4n) is 3.25. The summed E-state index contributed by atoms with van der Waals surface area (Å²) in [4.78, 5) is 28.4. The lowest BCUT2D eigenvalue weighted by Gasteiger charge is -2.28. The van der Waals surface area contributed by atoms with Crippen molar-refractivity contribution in [3.05, 3.63) is 71.0 Å². The summed E-state index contributed by atoms with van der Waals surface area (Å²) < 4.78 is 40.7. The Morgan fingerprint density at radius 2 is 1.76 bits per heavy atom. The maximum atomic E-state index is 14.3. The molecule has 1 saturated heterocycles. The van der Waals surface area contributed by atoms with Gasteiger partial charge in [0.2, 0.25) is 5.91 Å². The van der Waals surface area contributed by atoms with Gasteiger partial charge in [0, 0.05) is 36.8 Å². The molecule has 2 atom stereocenters. The van der Waals surface area contributed by atoms with Crippen LogP contribution in [0.25, 0.3) is 0 Å². The molecule has 2 aromatic carbocycles. The highest BCUT2D eigenvalue weighted by Crippen LogP contribution is 2.43. The molecule has 0 aliphatic carbocycles. The lowest BCUT2D eigenvalue weighted by molar-refractivity contribution is -0.130. The smallest absolute Gasteiger partial charge is 0.253 e. The Labute approximate surface area is 171 Å². The van der Waals surface area contributed by atoms with E-state index in [0.29, 0.717) is 12.1 Å². The zero-order valence-electron chi connectivity index (χ0n) is 16.1. The van der Waals surface area contributed by atoms with Crippen LogP contribution in [0.1, 0.15) is 35.1 Å². The second-order valence-corrected chi connectivity index (χ2v) is 8.15. The summed E-state index contributed by atoms with van der Waals surface area (Å²) in [6.45, 7) is 4.39. The second kappa shape index (κ2) is 8.90. The van der Waals surface area contributed by atoms with E-state index in [1.54, 1.807) is 11.8 Å². The number of halogens is 3. The molecule has 1 aliphatic rings. The van der Waals surface area contributed by atoms with Crippen LogP contribution < -0.4 is 0 Å². The number of rotatable bonds is 6. The van der Waals surface area contributed by atoms with E-state index >= 15 is 0 Å². The number of nitrogens with zero attached hydrogens (tertiary/aromatic N) is 2. The molecule has 1 heterocycles. The zero-order valence-corrected chi connectivity index (χ0v) is 16.9. The molecule has 0 radical (unpaired) electrons. The minimum atomic E-state index is -0.705. The van der Waals surface area contributed by atoms with Crippen molar-refractivity contribution in [1.82, 2.24) is 9.80 Å². The van der Waals surface area contributed by atoms with Crippen molar-refractivity contribution in [2.75, 3.05) is 19.6 Å². The van der Waals surface area contributed by atoms with E-state index in [1.165, 1.54) is 53.1 Å². The predicted molar refractivity (Wildman–Crippen MR) is 106 cm³/mol. The van der Waals surface area contributed by atoms with E-state index < -0.39 is 22.8 Å². The summed E-state index contributed by atoms with van der Waals surface area (Å²) in [5.74, 6) is -2.24. The van der Waals surface area contributed by atoms with Crippen LogP contribution in [0.15, 0.2) is 42.5 Å². The highest BCUT2D eigenvalue weighted by molar-refractivity contribution is 8.01. The van der Waals surface area contributed by atoms with Gasteiger partial charge in [0.15, 0.2) is 0 Å². The normalized spacial score (nSPS) is 18.9. The summed E-state index contributed by atoms with van der Waals surface area (Å²) in [5.41, 5.74) is 0.590. The van der Waals surface area contributed by atoms with Crippen LogP contribution in [0.3, 0.4) is 0 Å². The third kappa shape index (κ3) is 4.58. The Bertz CT molecular complexity index is 907. The molecule has 1 aliphatic heterocycles. The third-order valence-electron chi connectivity index (χ3n) is 4.85. The summed E-state index contributed by atoms with van der Waals surface area (Å²) in [6.07, 6.45) is 0. The molecular weight excluding hydrogens is 401 g/mol. The summed E-state index contributed by atoms with van der Waals surface area (Å²) >= 11 is 1.29. The number of carbonyl (C=O) groups is 2. The van der Waals surface area contributed by atoms with E-state index in [9.17, 15) is 22.8 Å². The average Bonchev–Trinajstić information content (AvgIpc) is 2.97. The third-order valence-corrected chi connectivity index (χ3v) is 6.22. The van der Waals surface area contributed by atoms with E-state index in [2.05, 4.69) is 0 Å². The van der Waals surface area contributed by atoms with Crippen molar-refractivity contribution >= 4 is 23.6 Å². The highest BCUT2D eigenvalue weighted by atomic mass is 32.2. The fraction of sp³-hybridized carbons (Fsp3) is 0.333. The predicted octanol–water partition coefficient (Wildman–Crippen LogP) is 4.23. The molecule has 2 aromatic rings. The number of thioether (sulfide) groups is 1. The monoisotopic (exact) mass is 422 g/mol. The molecule has 8 heteroatoms. The molecule has 29 heavy (non-hydrogen) atoms. The molecule has 4 nitrogen and oxygen atoms in total. The fourth-order valence-corrected chi connectivity index (χ4v) is 4.58. The van der Waals surface area contributed by atoms with E-state index in [-0.39, 0.29) is 35.7 Å². The van der Waals surface area contributed by atoms with Crippen LogP contribution in [0.4, 0.5) is 13.2 Å². The van der Waals surface area contributed by atoms with Gasteiger partial charge in [-0.15, -0.1) is 11.8 Å². The van der Waals surface area contributed by atoms with Gasteiger partial charge in [-0.05, 0) is 44.2 Å². The van der Waals surface area contributed by atoms with Gasteiger partial charge < -0.3 is 9.80 Å². The first-order valence-corrected chi connectivity index (χ1v) is 10.2. The zero-order chi connectivity index (χ0) is 21.1. The number of hydrogen-bond donors (Lipinski definition) is 0. The molecule has 0 N–H and O–H groups in total. The first-order chi connectivity index (χ1) is 13.8. The number of hydrogen-bond acceptors (Lipinski definition) is 3. The quantitative estimate of drug-likeness (QED) is 0.700. The van der Waals surface area contributed by atoms with Gasteiger partial charge in [-0.1, -0.05) is 6.07 Å². The van der Waals surface area contributed by atoms with Crippen LogP contribution >= 0.6 is 11.8 Å². The van der Waals surface area contributed by atoms with Crippen molar-refractivity contribution in [2.45, 2.75) is 24.5 Å². The van der Waals surface area contributed by atoms with Gasteiger partial charge in [0.1, 0.15) is 22.8 Å². The van der Waals surface area contributed by atoms with Crippen LogP contribution in [0.5, 0.6) is 0 Å². The van der Waals surface area contributed by atoms with Gasteiger partial charge in [-0.3, -0.25) is 9.59 Å². The first-order valence-electron chi connectivity index (χ1n) is 9.27. The van der Waals surface area contributed by atoms with Crippen LogP contribution in [0, 0.1) is 17.5 Å². The van der Waals surface area contributed by atoms with Gasteiger partial charge in [0.25, 0.3) is 5.91 Å². The Morgan fingerprint density at radius 3 is 2.38 bits per heavy atom. The number of benzene rings is 2. The van der Waals surface area contributed by atoms with Crippen LogP contribution in [-0.4, -0.2) is 46.5 Å². The number of carbonyl (C=O) groups excluding carboxylic acids is 2. The molecular formula is C21H21F3N2O2S. The lowest BCUT2D eigenvalue weighted by Crippen LogP contribution is -2.40. The Kier molecular flexibility index (Phi) is 6.52. The average molecular weight is 422 g/mol. The Hall–Kier alpha value is -2.48. The van der Waals surface area contributed by atoms with Gasteiger partial charge in [-0.25, -0.2) is 13.2 Å². The maximum Gasteiger partial charge on any atom is 0.253 e. The van der Waals surface area contributed by atoms with Crippen molar-refractivity contribution in [3.8, 4) is 0 Å². The van der Waals surface area contributed by atoms with E-state index in [0.717, 1.165) is 6.07 Å². The van der Waals surface area contributed by atoms with E-state index in [4.69, 9.17) is 0 Å². The SMILES string of the molecule is CCN(CCN1C(=O)C(C)SC1c1ccc(F)cc1F)C(=O)c1ccc(F)cc1. The lowest BCUT2D eigenvalue weighted by atomic mass is 10.1. The van der Waals surface area contributed by atoms with Crippen molar-refractivity contribution in [3.63, 3.8) is 0 Å². The minimum Gasteiger partial charge on any atom is -0.337 e.